The zero-order valence-electron chi connectivity index (χ0n) is 14.1. The summed E-state index contributed by atoms with van der Waals surface area (Å²) in [7, 11) is 0. The number of alkyl halides is 3. The van der Waals surface area contributed by atoms with Crippen LogP contribution in [-0.2, 0) is 15.8 Å². The maximum atomic E-state index is 13.0. The van der Waals surface area contributed by atoms with Gasteiger partial charge in [-0.1, -0.05) is 18.5 Å². The van der Waals surface area contributed by atoms with E-state index in [1.54, 1.807) is 4.90 Å². The van der Waals surface area contributed by atoms with E-state index in [1.807, 2.05) is 0 Å². The Hall–Kier alpha value is -1.76. The Kier molecular flexibility index (Phi) is 5.98. The minimum atomic E-state index is -4.64. The molecule has 1 heterocycles. The number of piperidine rings is 1. The fraction of sp³-hybridized carbons (Fsp3) is 0.529. The summed E-state index contributed by atoms with van der Waals surface area (Å²) in [6.45, 7) is 4.23. The van der Waals surface area contributed by atoms with E-state index >= 15 is 0 Å². The average Bonchev–Trinajstić information content (AvgIpc) is 2.52. The van der Waals surface area contributed by atoms with Crippen LogP contribution in [0, 0.1) is 5.92 Å². The molecule has 0 radical (unpaired) electrons. The SMILES string of the molecule is CC(=O)N(CC(=O)N1CCC(C)CC1)c1ccc(Cl)c(C(F)(F)F)c1. The molecule has 1 fully saturated rings. The first kappa shape index (κ1) is 19.6. The maximum absolute atomic E-state index is 13.0. The van der Waals surface area contributed by atoms with E-state index in [1.165, 1.54) is 13.0 Å². The monoisotopic (exact) mass is 376 g/mol. The number of amides is 2. The van der Waals surface area contributed by atoms with Crippen LogP contribution >= 0.6 is 11.6 Å². The molecule has 2 amide bonds. The fourth-order valence-electron chi connectivity index (χ4n) is 2.78. The van der Waals surface area contributed by atoms with Gasteiger partial charge in [0.15, 0.2) is 0 Å². The minimum Gasteiger partial charge on any atom is -0.341 e. The molecule has 1 aromatic carbocycles. The minimum absolute atomic E-state index is 0.00273. The van der Waals surface area contributed by atoms with E-state index in [4.69, 9.17) is 11.6 Å². The van der Waals surface area contributed by atoms with Crippen LogP contribution in [0.5, 0.6) is 0 Å². The van der Waals surface area contributed by atoms with Gasteiger partial charge in [0, 0.05) is 25.7 Å². The molecule has 0 saturated carbocycles. The topological polar surface area (TPSA) is 40.6 Å². The van der Waals surface area contributed by atoms with Gasteiger partial charge in [0.25, 0.3) is 0 Å². The van der Waals surface area contributed by atoms with Gasteiger partial charge in [-0.25, -0.2) is 0 Å². The first-order valence-electron chi connectivity index (χ1n) is 8.02. The van der Waals surface area contributed by atoms with Crippen molar-refractivity contribution in [2.24, 2.45) is 5.92 Å². The molecule has 1 aromatic rings. The Morgan fingerprint density at radius 2 is 1.88 bits per heavy atom. The molecule has 0 unspecified atom stereocenters. The third-order valence-corrected chi connectivity index (χ3v) is 4.71. The van der Waals surface area contributed by atoms with E-state index in [-0.39, 0.29) is 18.1 Å². The number of nitrogens with zero attached hydrogens (tertiary/aromatic N) is 2. The van der Waals surface area contributed by atoms with E-state index in [9.17, 15) is 22.8 Å². The summed E-state index contributed by atoms with van der Waals surface area (Å²) < 4.78 is 39.1. The number of carbonyl (C=O) groups excluding carboxylic acids is 2. The first-order chi connectivity index (χ1) is 11.6. The van der Waals surface area contributed by atoms with Gasteiger partial charge >= 0.3 is 6.18 Å². The van der Waals surface area contributed by atoms with Crippen LogP contribution in [0.1, 0.15) is 32.3 Å². The van der Waals surface area contributed by atoms with Crippen molar-refractivity contribution in [1.82, 2.24) is 4.90 Å². The molecule has 0 N–H and O–H groups in total. The number of hydrogen-bond acceptors (Lipinski definition) is 2. The smallest absolute Gasteiger partial charge is 0.341 e. The zero-order valence-corrected chi connectivity index (χ0v) is 14.8. The highest BCUT2D eigenvalue weighted by Crippen LogP contribution is 2.37. The van der Waals surface area contributed by atoms with Gasteiger partial charge in [-0.05, 0) is 37.0 Å². The van der Waals surface area contributed by atoms with Crippen LogP contribution in [0.3, 0.4) is 0 Å². The van der Waals surface area contributed by atoms with E-state index in [0.29, 0.717) is 19.0 Å². The van der Waals surface area contributed by atoms with Crippen molar-refractivity contribution in [2.45, 2.75) is 32.9 Å². The summed E-state index contributed by atoms with van der Waals surface area (Å²) in [5.74, 6) is -0.238. The highest BCUT2D eigenvalue weighted by Gasteiger charge is 2.34. The van der Waals surface area contributed by atoms with Gasteiger partial charge < -0.3 is 9.80 Å². The lowest BCUT2D eigenvalue weighted by Crippen LogP contribution is -2.45. The molecule has 1 aliphatic rings. The molecule has 138 valence electrons. The number of halogens is 4. The Bertz CT molecular complexity index is 656. The molecule has 8 heteroatoms. The van der Waals surface area contributed by atoms with Crippen molar-refractivity contribution >= 4 is 29.1 Å². The molecule has 0 aromatic heterocycles. The van der Waals surface area contributed by atoms with Crippen LogP contribution in [0.25, 0.3) is 0 Å². The molecule has 25 heavy (non-hydrogen) atoms. The molecular weight excluding hydrogens is 357 g/mol. The van der Waals surface area contributed by atoms with E-state index in [0.717, 1.165) is 29.9 Å². The number of rotatable bonds is 3. The van der Waals surface area contributed by atoms with Crippen LogP contribution in [-0.4, -0.2) is 36.3 Å². The fourth-order valence-corrected chi connectivity index (χ4v) is 3.00. The summed E-state index contributed by atoms with van der Waals surface area (Å²) in [6.07, 6.45) is -2.88. The predicted molar refractivity (Wildman–Crippen MR) is 89.5 cm³/mol. The molecule has 1 saturated heterocycles. The Balaban J connectivity index is 2.21. The maximum Gasteiger partial charge on any atom is 0.417 e. The third kappa shape index (κ3) is 4.87. The molecule has 0 atom stereocenters. The summed E-state index contributed by atoms with van der Waals surface area (Å²) >= 11 is 5.61. The number of likely N-dealkylation sites (tertiary alicyclic amines) is 1. The molecule has 2 rings (SSSR count). The van der Waals surface area contributed by atoms with Gasteiger partial charge in [0.1, 0.15) is 6.54 Å². The number of carbonyl (C=O) groups is 2. The Morgan fingerprint density at radius 3 is 2.40 bits per heavy atom. The first-order valence-corrected chi connectivity index (χ1v) is 8.40. The molecule has 0 aliphatic carbocycles. The van der Waals surface area contributed by atoms with Crippen molar-refractivity contribution < 1.29 is 22.8 Å². The Morgan fingerprint density at radius 1 is 1.28 bits per heavy atom. The van der Waals surface area contributed by atoms with Gasteiger partial charge in [0.05, 0.1) is 10.6 Å². The lowest BCUT2D eigenvalue weighted by molar-refractivity contribution is -0.137. The van der Waals surface area contributed by atoms with Crippen LogP contribution < -0.4 is 4.90 Å². The summed E-state index contributed by atoms with van der Waals surface area (Å²) in [6, 6.07) is 3.20. The van der Waals surface area contributed by atoms with Crippen molar-refractivity contribution in [3.8, 4) is 0 Å². The van der Waals surface area contributed by atoms with Crippen molar-refractivity contribution in [3.05, 3.63) is 28.8 Å². The summed E-state index contributed by atoms with van der Waals surface area (Å²) in [5.41, 5.74) is -1.03. The van der Waals surface area contributed by atoms with Crippen LogP contribution in [0.4, 0.5) is 18.9 Å². The quantitative estimate of drug-likeness (QED) is 0.800. The largest absolute Gasteiger partial charge is 0.417 e. The van der Waals surface area contributed by atoms with Gasteiger partial charge in [0.2, 0.25) is 11.8 Å². The van der Waals surface area contributed by atoms with Crippen molar-refractivity contribution in [2.75, 3.05) is 24.5 Å². The standard InChI is InChI=1S/C17H20ClF3N2O2/c1-11-5-7-22(8-6-11)16(25)10-23(12(2)24)13-3-4-15(18)14(9-13)17(19,20)21/h3-4,9,11H,5-8,10H2,1-2H3. The number of anilines is 1. The van der Waals surface area contributed by atoms with Gasteiger partial charge in [-0.15, -0.1) is 0 Å². The second-order valence-electron chi connectivity index (χ2n) is 6.33. The van der Waals surface area contributed by atoms with Crippen molar-refractivity contribution in [3.63, 3.8) is 0 Å². The third-order valence-electron chi connectivity index (χ3n) is 4.38. The summed E-state index contributed by atoms with van der Waals surface area (Å²) in [5, 5.41) is -0.448. The van der Waals surface area contributed by atoms with Gasteiger partial charge in [-0.2, -0.15) is 13.2 Å². The lowest BCUT2D eigenvalue weighted by atomic mass is 9.99. The highest BCUT2D eigenvalue weighted by molar-refractivity contribution is 6.31. The zero-order chi connectivity index (χ0) is 18.8. The Labute approximate surface area is 149 Å². The molecule has 0 bridgehead atoms. The molecule has 0 spiro atoms. The normalized spacial score (nSPS) is 16.0. The predicted octanol–water partition coefficient (Wildman–Crippen LogP) is 3.97. The lowest BCUT2D eigenvalue weighted by Gasteiger charge is -2.32. The summed E-state index contributed by atoms with van der Waals surface area (Å²) in [4.78, 5) is 27.0. The second-order valence-corrected chi connectivity index (χ2v) is 6.74. The number of benzene rings is 1. The average molecular weight is 377 g/mol. The van der Waals surface area contributed by atoms with Crippen LogP contribution in [0.2, 0.25) is 5.02 Å². The molecule has 4 nitrogen and oxygen atoms in total. The second kappa shape index (κ2) is 7.64. The van der Waals surface area contributed by atoms with E-state index in [2.05, 4.69) is 6.92 Å². The molecular formula is C17H20ClF3N2O2. The van der Waals surface area contributed by atoms with Gasteiger partial charge in [-0.3, -0.25) is 9.59 Å². The molecule has 1 aliphatic heterocycles. The van der Waals surface area contributed by atoms with Crippen molar-refractivity contribution in [1.29, 1.82) is 0 Å². The number of hydrogen-bond donors (Lipinski definition) is 0. The highest BCUT2D eigenvalue weighted by atomic mass is 35.5. The van der Waals surface area contributed by atoms with E-state index < -0.39 is 22.7 Å². The van der Waals surface area contributed by atoms with Crippen LogP contribution in [0.15, 0.2) is 18.2 Å².